The fourth-order valence-corrected chi connectivity index (χ4v) is 5.49. The molecule has 0 aliphatic rings. The van der Waals surface area contributed by atoms with Crippen molar-refractivity contribution in [1.82, 2.24) is 0 Å². The van der Waals surface area contributed by atoms with Gasteiger partial charge in [-0.1, -0.05) is 64.5 Å². The Morgan fingerprint density at radius 2 is 1.50 bits per heavy atom. The number of hydrogen-bond acceptors (Lipinski definition) is 4. The van der Waals surface area contributed by atoms with Gasteiger partial charge < -0.3 is 9.79 Å². The molecule has 0 aromatic heterocycles. The minimum atomic E-state index is -3.77. The van der Waals surface area contributed by atoms with Crippen molar-refractivity contribution in [2.24, 2.45) is 0 Å². The first kappa shape index (κ1) is 24.8. The molecule has 0 saturated heterocycles. The summed E-state index contributed by atoms with van der Waals surface area (Å²) < 4.78 is 0. The van der Waals surface area contributed by atoms with Crippen LogP contribution in [-0.4, -0.2) is 0 Å². The van der Waals surface area contributed by atoms with Gasteiger partial charge in [0.05, 0.1) is 0 Å². The van der Waals surface area contributed by atoms with E-state index in [1.165, 1.54) is 56.1 Å². The van der Waals surface area contributed by atoms with Gasteiger partial charge in [0.15, 0.2) is 0 Å². The first-order valence-electron chi connectivity index (χ1n) is 8.80. The third-order valence-electron chi connectivity index (χ3n) is 4.02. The Kier molecular flexibility index (Phi) is 14.3. The van der Waals surface area contributed by atoms with E-state index in [1.807, 2.05) is 12.1 Å². The molecule has 24 heavy (non-hydrogen) atoms. The average Bonchev–Trinajstić information content (AvgIpc) is 2.48. The standard InChI is InChI=1S/C18H31O2PS2.Zn/c1-3-5-7-9-12-16-13-11-15-18(23-21(19,20)22)17(16)14-10-8-6-4-2;/h11,13,15H,3-10,12,14H2,1-2H3,(H2,19,20,22);/q;+2/p-2. The molecule has 0 aliphatic heterocycles. The quantitative estimate of drug-likeness (QED) is 0.263. The van der Waals surface area contributed by atoms with Crippen LogP contribution in [0.3, 0.4) is 0 Å². The molecule has 0 spiro atoms. The fraction of sp³-hybridized carbons (Fsp3) is 0.667. The summed E-state index contributed by atoms with van der Waals surface area (Å²) in [6.07, 6.45) is 11.7. The number of rotatable bonds is 12. The molecule has 0 saturated carbocycles. The number of hydrogen-bond donors (Lipinski definition) is 0. The zero-order valence-electron chi connectivity index (χ0n) is 15.1. The molecule has 0 amide bonds. The Morgan fingerprint density at radius 1 is 0.917 bits per heavy atom. The average molecular weight is 438 g/mol. The van der Waals surface area contributed by atoms with Crippen LogP contribution in [0.15, 0.2) is 23.1 Å². The molecule has 0 unspecified atom stereocenters. The summed E-state index contributed by atoms with van der Waals surface area (Å²) in [4.78, 5) is 23.9. The van der Waals surface area contributed by atoms with Gasteiger partial charge in [-0.15, -0.1) is 23.2 Å². The van der Waals surface area contributed by atoms with E-state index in [0.29, 0.717) is 0 Å². The molecule has 0 N–H and O–H groups in total. The van der Waals surface area contributed by atoms with Crippen LogP contribution in [0.25, 0.3) is 0 Å². The largest absolute Gasteiger partial charge is 2.00 e. The van der Waals surface area contributed by atoms with E-state index in [0.717, 1.165) is 35.5 Å². The maximum absolute atomic E-state index is 11.5. The maximum atomic E-state index is 11.5. The summed E-state index contributed by atoms with van der Waals surface area (Å²) in [5, 5.41) is 0. The van der Waals surface area contributed by atoms with Gasteiger partial charge in [0.2, 0.25) is 0 Å². The van der Waals surface area contributed by atoms with E-state index in [1.54, 1.807) is 0 Å². The molecule has 0 aliphatic carbocycles. The Morgan fingerprint density at radius 3 is 2.04 bits per heavy atom. The van der Waals surface area contributed by atoms with E-state index in [-0.39, 0.29) is 19.5 Å². The van der Waals surface area contributed by atoms with Crippen molar-refractivity contribution < 1.29 is 29.3 Å². The van der Waals surface area contributed by atoms with Crippen LogP contribution < -0.4 is 9.79 Å². The number of aryl methyl sites for hydroxylation is 1. The monoisotopic (exact) mass is 436 g/mol. The van der Waals surface area contributed by atoms with Crippen molar-refractivity contribution in [2.75, 3.05) is 0 Å². The second-order valence-electron chi connectivity index (χ2n) is 6.05. The second-order valence-corrected chi connectivity index (χ2v) is 11.7. The van der Waals surface area contributed by atoms with Gasteiger partial charge in [-0.05, 0) is 42.9 Å². The molecule has 0 heterocycles. The zero-order valence-corrected chi connectivity index (χ0v) is 20.6. The normalized spacial score (nSPS) is 11.3. The van der Waals surface area contributed by atoms with Crippen LogP contribution in [0.4, 0.5) is 0 Å². The van der Waals surface area contributed by atoms with Crippen molar-refractivity contribution >= 4 is 28.9 Å². The molecule has 0 atom stereocenters. The van der Waals surface area contributed by atoms with Gasteiger partial charge in [0.25, 0.3) is 0 Å². The van der Waals surface area contributed by atoms with E-state index in [4.69, 9.17) is 0 Å². The zero-order chi connectivity index (χ0) is 17.1. The molecule has 1 rings (SSSR count). The van der Waals surface area contributed by atoms with Gasteiger partial charge in [-0.3, -0.25) is 0 Å². The first-order chi connectivity index (χ1) is 11.0. The first-order valence-corrected chi connectivity index (χ1v) is 12.9. The SMILES string of the molecule is CCCCCCc1cccc(SP([O-])([O-])=S)c1CCCCCC.[Zn+2]. The van der Waals surface area contributed by atoms with Gasteiger partial charge in [-0.25, -0.2) is 0 Å². The minimum absolute atomic E-state index is 0. The predicted molar refractivity (Wildman–Crippen MR) is 102 cm³/mol. The molecule has 6 heteroatoms. The smallest absolute Gasteiger partial charge is 0.824 e. The maximum Gasteiger partial charge on any atom is 2.00 e. The van der Waals surface area contributed by atoms with Crippen LogP contribution in [0, 0.1) is 0 Å². The van der Waals surface area contributed by atoms with Crippen molar-refractivity contribution in [2.45, 2.75) is 83.0 Å². The van der Waals surface area contributed by atoms with Crippen molar-refractivity contribution in [3.8, 4) is 0 Å². The Balaban J connectivity index is 0.00000529. The van der Waals surface area contributed by atoms with E-state index < -0.39 is 5.69 Å². The Hall–Kier alpha value is 0.763. The molecule has 1 aromatic carbocycles. The van der Waals surface area contributed by atoms with Crippen molar-refractivity contribution in [3.63, 3.8) is 0 Å². The van der Waals surface area contributed by atoms with E-state index in [2.05, 4.69) is 31.7 Å². The van der Waals surface area contributed by atoms with Gasteiger partial charge in [0, 0.05) is 4.90 Å². The Labute approximate surface area is 169 Å². The summed E-state index contributed by atoms with van der Waals surface area (Å²) in [5.41, 5.74) is -1.24. The van der Waals surface area contributed by atoms with Crippen molar-refractivity contribution in [3.05, 3.63) is 29.3 Å². The summed E-state index contributed by atoms with van der Waals surface area (Å²) in [7, 11) is 0. The van der Waals surface area contributed by atoms with Crippen LogP contribution in [0.2, 0.25) is 0 Å². The van der Waals surface area contributed by atoms with Crippen molar-refractivity contribution in [1.29, 1.82) is 0 Å². The molecule has 1 aromatic rings. The summed E-state index contributed by atoms with van der Waals surface area (Å²) in [5.74, 6) is 0. The number of unbranched alkanes of at least 4 members (excludes halogenated alkanes) is 6. The Bertz CT molecular complexity index is 506. The minimum Gasteiger partial charge on any atom is -0.824 e. The van der Waals surface area contributed by atoms with Gasteiger partial charge >= 0.3 is 19.5 Å². The second kappa shape index (κ2) is 13.9. The van der Waals surface area contributed by atoms with Crippen LogP contribution in [0.5, 0.6) is 0 Å². The molecular weight excluding hydrogens is 409 g/mol. The summed E-state index contributed by atoms with van der Waals surface area (Å²) in [6, 6.07) is 6.04. The summed E-state index contributed by atoms with van der Waals surface area (Å²) >= 11 is 5.47. The molecule has 0 fully saturated rings. The fourth-order valence-electron chi connectivity index (χ4n) is 2.81. The predicted octanol–water partition coefficient (Wildman–Crippen LogP) is 4.97. The van der Waals surface area contributed by atoms with E-state index in [9.17, 15) is 9.79 Å². The van der Waals surface area contributed by atoms with Crippen LogP contribution in [0.1, 0.15) is 76.3 Å². The topological polar surface area (TPSA) is 46.1 Å². The molecule has 0 radical (unpaired) electrons. The molecule has 132 valence electrons. The summed E-state index contributed by atoms with van der Waals surface area (Å²) in [6.45, 7) is 4.42. The number of benzene rings is 1. The molecular formula is C18H29O2PS2Zn. The van der Waals surface area contributed by atoms with E-state index >= 15 is 0 Å². The molecule has 2 nitrogen and oxygen atoms in total. The third kappa shape index (κ3) is 10.7. The van der Waals surface area contributed by atoms with Crippen LogP contribution >= 0.6 is 17.1 Å². The van der Waals surface area contributed by atoms with Crippen LogP contribution in [-0.2, 0) is 44.1 Å². The van der Waals surface area contributed by atoms with Gasteiger partial charge in [0.1, 0.15) is 0 Å². The third-order valence-corrected chi connectivity index (χ3v) is 6.75. The molecule has 0 bridgehead atoms. The van der Waals surface area contributed by atoms with Gasteiger partial charge in [-0.2, -0.15) is 5.69 Å².